The van der Waals surface area contributed by atoms with Crippen LogP contribution in [0, 0.1) is 10.8 Å². The molecule has 32 heavy (non-hydrogen) atoms. The number of ketones is 1. The van der Waals surface area contributed by atoms with E-state index in [2.05, 4.69) is 90.2 Å². The van der Waals surface area contributed by atoms with Gasteiger partial charge >= 0.3 is 0 Å². The van der Waals surface area contributed by atoms with Gasteiger partial charge in [0.15, 0.2) is 5.78 Å². The van der Waals surface area contributed by atoms with E-state index in [0.717, 1.165) is 64.2 Å². The maximum Gasteiger partial charge on any atom is 0.152 e. The van der Waals surface area contributed by atoms with Crippen LogP contribution in [0.1, 0.15) is 106 Å². The molecule has 2 aliphatic carbocycles. The highest BCUT2D eigenvalue weighted by Crippen LogP contribution is 2.41. The van der Waals surface area contributed by atoms with Gasteiger partial charge in [-0.1, -0.05) is 70.9 Å². The van der Waals surface area contributed by atoms with Crippen LogP contribution in [0.15, 0.2) is 70.9 Å². The van der Waals surface area contributed by atoms with Gasteiger partial charge in [0.25, 0.3) is 0 Å². The van der Waals surface area contributed by atoms with Crippen molar-refractivity contribution in [3.8, 4) is 0 Å². The van der Waals surface area contributed by atoms with Crippen molar-refractivity contribution in [3.63, 3.8) is 0 Å². The lowest BCUT2D eigenvalue weighted by molar-refractivity contribution is -0.133. The first-order valence-corrected chi connectivity index (χ1v) is 12.7. The summed E-state index contributed by atoms with van der Waals surface area (Å²) in [6, 6.07) is 0. The monoisotopic (exact) mass is 434 g/mol. The van der Waals surface area contributed by atoms with Crippen LogP contribution < -0.4 is 0 Å². The van der Waals surface area contributed by atoms with Gasteiger partial charge in [0, 0.05) is 10.8 Å². The van der Waals surface area contributed by atoms with Crippen molar-refractivity contribution in [2.75, 3.05) is 0 Å². The molecule has 1 heteroatoms. The topological polar surface area (TPSA) is 17.1 Å². The molecule has 2 unspecified atom stereocenters. The fourth-order valence-corrected chi connectivity index (χ4v) is 4.81. The molecule has 0 bridgehead atoms. The van der Waals surface area contributed by atoms with E-state index in [1.54, 1.807) is 0 Å². The van der Waals surface area contributed by atoms with Crippen LogP contribution in [0.2, 0.25) is 0 Å². The molecule has 0 radical (unpaired) electrons. The number of hydrogen-bond donors (Lipinski definition) is 0. The zero-order valence-electron chi connectivity index (χ0n) is 21.6. The Kier molecular flexibility index (Phi) is 10.2. The smallest absolute Gasteiger partial charge is 0.152 e. The Morgan fingerprint density at radius 2 is 1.00 bits per heavy atom. The molecule has 2 rings (SSSR count). The van der Waals surface area contributed by atoms with Crippen molar-refractivity contribution in [1.29, 1.82) is 0 Å². The maximum absolute atomic E-state index is 14.2. The summed E-state index contributed by atoms with van der Waals surface area (Å²) in [6.45, 7) is 13.2. The third kappa shape index (κ3) is 8.23. The minimum Gasteiger partial charge on any atom is -0.298 e. The van der Waals surface area contributed by atoms with Crippen LogP contribution in [0.25, 0.3) is 0 Å². The Hall–Kier alpha value is -1.89. The highest BCUT2D eigenvalue weighted by atomic mass is 16.1. The minimum atomic E-state index is -0.449. The molecule has 0 amide bonds. The lowest BCUT2D eigenvalue weighted by Crippen LogP contribution is -2.38. The summed E-state index contributed by atoms with van der Waals surface area (Å²) < 4.78 is 0. The lowest BCUT2D eigenvalue weighted by Gasteiger charge is -2.35. The summed E-state index contributed by atoms with van der Waals surface area (Å²) in [7, 11) is 0. The van der Waals surface area contributed by atoms with Gasteiger partial charge in [-0.2, -0.15) is 0 Å². The average molecular weight is 435 g/mol. The highest BCUT2D eigenvalue weighted by molar-refractivity contribution is 5.93. The van der Waals surface area contributed by atoms with Crippen LogP contribution in [0.3, 0.4) is 0 Å². The number of rotatable bonds is 2. The third-order valence-corrected chi connectivity index (χ3v) is 7.35. The van der Waals surface area contributed by atoms with E-state index in [4.69, 9.17) is 0 Å². The molecule has 0 spiro atoms. The number of hydrogen-bond acceptors (Lipinski definition) is 1. The van der Waals surface area contributed by atoms with E-state index in [1.165, 1.54) is 22.3 Å². The molecule has 2 aliphatic rings. The predicted molar refractivity (Wildman–Crippen MR) is 141 cm³/mol. The third-order valence-electron chi connectivity index (χ3n) is 7.35. The van der Waals surface area contributed by atoms with Crippen molar-refractivity contribution in [1.82, 2.24) is 0 Å². The van der Waals surface area contributed by atoms with Crippen molar-refractivity contribution in [2.24, 2.45) is 10.8 Å². The molecular formula is C31H46O. The van der Waals surface area contributed by atoms with Crippen LogP contribution in [-0.2, 0) is 4.79 Å². The van der Waals surface area contributed by atoms with Gasteiger partial charge in [0.05, 0.1) is 0 Å². The zero-order valence-corrected chi connectivity index (χ0v) is 21.6. The molecule has 0 fully saturated rings. The van der Waals surface area contributed by atoms with E-state index >= 15 is 0 Å². The molecular weight excluding hydrogens is 388 g/mol. The molecule has 0 heterocycles. The standard InChI is InChI=1S/C31H46O/c1-25-13-7-9-21-30(5,23-19-27(3)17-11-15-25)29(32)31(6)22-10-8-14-26(2)16-12-18-28(4)20-24-31/h9-10,13-14,17-18,21-22H,7-8,11-12,15-16,19-20,23-24H2,1-6H3/b21-9-,22-10-,25-13-,26-14-,27-17-,28-18-. The molecule has 0 aromatic carbocycles. The molecule has 0 saturated heterocycles. The molecule has 0 aromatic rings. The second-order valence-electron chi connectivity index (χ2n) is 10.7. The minimum absolute atomic E-state index is 0.369. The van der Waals surface area contributed by atoms with Gasteiger partial charge in [-0.3, -0.25) is 4.79 Å². The first kappa shape index (κ1) is 26.4. The van der Waals surface area contributed by atoms with Gasteiger partial charge < -0.3 is 0 Å². The summed E-state index contributed by atoms with van der Waals surface area (Å²) in [5.74, 6) is 0.369. The zero-order chi connectivity index (χ0) is 23.6. The molecule has 0 N–H and O–H groups in total. The van der Waals surface area contributed by atoms with E-state index in [9.17, 15) is 4.79 Å². The molecule has 176 valence electrons. The maximum atomic E-state index is 14.2. The quantitative estimate of drug-likeness (QED) is 0.395. The van der Waals surface area contributed by atoms with Crippen molar-refractivity contribution < 1.29 is 4.79 Å². The fraction of sp³-hybridized carbons (Fsp3) is 0.581. The normalized spacial score (nSPS) is 37.7. The fourth-order valence-electron chi connectivity index (χ4n) is 4.81. The van der Waals surface area contributed by atoms with Crippen LogP contribution in [-0.4, -0.2) is 5.78 Å². The van der Waals surface area contributed by atoms with Crippen molar-refractivity contribution in [3.05, 3.63) is 70.9 Å². The second kappa shape index (κ2) is 12.4. The molecule has 0 saturated carbocycles. The largest absolute Gasteiger partial charge is 0.298 e. The number of Topliss-reactive ketones (excluding diaryl/α,β-unsaturated/α-hetero) is 1. The summed E-state index contributed by atoms with van der Waals surface area (Å²) in [6.07, 6.45) is 28.3. The average Bonchev–Trinajstić information content (AvgIpc) is 2.75. The summed E-state index contributed by atoms with van der Waals surface area (Å²) in [5.41, 5.74) is 4.79. The first-order chi connectivity index (χ1) is 15.1. The predicted octanol–water partition coefficient (Wildman–Crippen LogP) is 9.39. The Balaban J connectivity index is 2.37. The molecule has 1 nitrogen and oxygen atoms in total. The van der Waals surface area contributed by atoms with E-state index < -0.39 is 10.8 Å². The highest BCUT2D eigenvalue weighted by Gasteiger charge is 2.41. The lowest BCUT2D eigenvalue weighted by atomic mass is 9.66. The van der Waals surface area contributed by atoms with Crippen LogP contribution in [0.4, 0.5) is 0 Å². The molecule has 0 aromatic heterocycles. The second-order valence-corrected chi connectivity index (χ2v) is 10.7. The van der Waals surface area contributed by atoms with E-state index in [-0.39, 0.29) is 0 Å². The Morgan fingerprint density at radius 3 is 1.41 bits per heavy atom. The summed E-state index contributed by atoms with van der Waals surface area (Å²) in [5, 5.41) is 0. The summed E-state index contributed by atoms with van der Waals surface area (Å²) >= 11 is 0. The Bertz CT molecular complexity index is 761. The van der Waals surface area contributed by atoms with Gasteiger partial charge in [0.2, 0.25) is 0 Å². The molecule has 2 atom stereocenters. The summed E-state index contributed by atoms with van der Waals surface area (Å²) in [4.78, 5) is 14.2. The van der Waals surface area contributed by atoms with Gasteiger partial charge in [-0.25, -0.2) is 0 Å². The molecule has 0 aliphatic heterocycles. The van der Waals surface area contributed by atoms with Crippen molar-refractivity contribution in [2.45, 2.75) is 106 Å². The SMILES string of the molecule is C/C1=C/C/C=C\C(C)(C(=O)C2(C)/C=C\C/C=C(/C)CC/C=C(/C)CC2)CC/C(C)=C\CC1. The van der Waals surface area contributed by atoms with E-state index in [1.807, 2.05) is 0 Å². The van der Waals surface area contributed by atoms with Crippen molar-refractivity contribution >= 4 is 5.78 Å². The number of allylic oxidation sites excluding steroid dienone is 12. The van der Waals surface area contributed by atoms with Gasteiger partial charge in [-0.05, 0) is 106 Å². The number of carbonyl (C=O) groups is 1. The van der Waals surface area contributed by atoms with Crippen LogP contribution >= 0.6 is 0 Å². The van der Waals surface area contributed by atoms with Crippen LogP contribution in [0.5, 0.6) is 0 Å². The number of carbonyl (C=O) groups excluding carboxylic acids is 1. The Labute approximate surface area is 198 Å². The van der Waals surface area contributed by atoms with E-state index in [0.29, 0.717) is 5.78 Å². The van der Waals surface area contributed by atoms with Gasteiger partial charge in [0.1, 0.15) is 0 Å². The first-order valence-electron chi connectivity index (χ1n) is 12.7. The van der Waals surface area contributed by atoms with Gasteiger partial charge in [-0.15, -0.1) is 0 Å². The Morgan fingerprint density at radius 1 is 0.625 bits per heavy atom.